The molecule has 0 saturated carbocycles. The molecule has 0 aliphatic heterocycles. The van der Waals surface area contributed by atoms with Crippen molar-refractivity contribution in [3.05, 3.63) is 12.3 Å². The van der Waals surface area contributed by atoms with Gasteiger partial charge >= 0.3 is 16.5 Å². The monoisotopic (exact) mass is 115 g/mol. The van der Waals surface area contributed by atoms with E-state index in [2.05, 4.69) is 21.5 Å². The number of rotatable bonds is 2. The molecule has 0 bridgehead atoms. The van der Waals surface area contributed by atoms with Crippen LogP contribution in [-0.2, 0) is 9.22 Å². The van der Waals surface area contributed by atoms with E-state index in [1.807, 2.05) is 0 Å². The van der Waals surface area contributed by atoms with Crippen LogP contribution >= 0.6 is 0 Å². The maximum atomic E-state index is 9.67. The fourth-order valence-electron chi connectivity index (χ4n) is 0.0437. The van der Waals surface area contributed by atoms with Crippen LogP contribution in [-0.4, -0.2) is 21.6 Å². The number of hydrogen-bond donors (Lipinski definition) is 1. The molecule has 0 atom stereocenters. The van der Waals surface area contributed by atoms with E-state index in [0.717, 1.165) is 0 Å². The van der Waals surface area contributed by atoms with Crippen molar-refractivity contribution < 1.29 is 14.3 Å². The topological polar surface area (TPSA) is 46.5 Å². The summed E-state index contributed by atoms with van der Waals surface area (Å²) in [5.41, 5.74) is 0. The van der Waals surface area contributed by atoms with Crippen LogP contribution in [0.4, 0.5) is 0 Å². The minimum Gasteiger partial charge on any atom is -0.536 e. The van der Waals surface area contributed by atoms with Crippen LogP contribution in [0.2, 0.25) is 0 Å². The van der Waals surface area contributed by atoms with Gasteiger partial charge in [0, 0.05) is 0 Å². The molecule has 0 aromatic rings. The molecule has 0 spiro atoms. The summed E-state index contributed by atoms with van der Waals surface area (Å²) < 4.78 is 4.02. The molecule has 0 heterocycles. The first kappa shape index (κ1) is 6.23. The quantitative estimate of drug-likeness (QED) is 0.305. The highest BCUT2D eigenvalue weighted by Gasteiger charge is 1.98. The molecule has 0 aliphatic carbocycles. The van der Waals surface area contributed by atoms with E-state index in [1.54, 1.807) is 0 Å². The van der Waals surface area contributed by atoms with Crippen molar-refractivity contribution in [1.29, 1.82) is 0 Å². The second-order valence-corrected chi connectivity index (χ2v) is 1.03. The fraction of sp³-hybridized carbons (Fsp3) is 0. The second-order valence-electron chi connectivity index (χ2n) is 0.830. The van der Waals surface area contributed by atoms with Gasteiger partial charge in [-0.05, 0) is 0 Å². The number of carboxylic acid groups (broad SMARTS) is 1. The molecule has 0 amide bonds. The van der Waals surface area contributed by atoms with Crippen LogP contribution in [0.15, 0.2) is 12.3 Å². The van der Waals surface area contributed by atoms with E-state index in [1.165, 1.54) is 0 Å². The maximum absolute atomic E-state index is 9.67. The van der Waals surface area contributed by atoms with E-state index in [0.29, 0.717) is 0 Å². The van der Waals surface area contributed by atoms with Gasteiger partial charge in [0.05, 0.1) is 0 Å². The fourth-order valence-corrected chi connectivity index (χ4v) is 0.131. The van der Waals surface area contributed by atoms with Crippen molar-refractivity contribution in [3.8, 4) is 0 Å². The van der Waals surface area contributed by atoms with Crippen LogP contribution in [0.1, 0.15) is 0 Å². The number of carbonyl (C=O) groups is 1. The molecule has 0 rings (SSSR count). The molecule has 7 heavy (non-hydrogen) atoms. The molecule has 0 fully saturated rings. The molecule has 4 heteroatoms. The second kappa shape index (κ2) is 2.41. The van der Waals surface area contributed by atoms with Crippen LogP contribution < -0.4 is 0 Å². The van der Waals surface area contributed by atoms with Gasteiger partial charge in [0.25, 0.3) is 0 Å². The predicted molar refractivity (Wildman–Crippen MR) is 23.6 cm³/mol. The highest BCUT2D eigenvalue weighted by atomic mass is 28.2. The van der Waals surface area contributed by atoms with Gasteiger partial charge in [0.2, 0.25) is 0 Å². The zero-order valence-corrected chi connectivity index (χ0v) is 4.47. The minimum absolute atomic E-state index is 0.323. The van der Waals surface area contributed by atoms with Gasteiger partial charge in [-0.3, -0.25) is 0 Å². The Morgan fingerprint density at radius 3 is 2.29 bits per heavy atom. The molecule has 37 valence electrons. The Kier molecular flexibility index (Phi) is 2.14. The van der Waals surface area contributed by atoms with Crippen molar-refractivity contribution in [2.75, 3.05) is 0 Å². The van der Waals surface area contributed by atoms with Gasteiger partial charge < -0.3 is 9.53 Å². The molecular weight excluding hydrogens is 112 g/mol. The van der Waals surface area contributed by atoms with Gasteiger partial charge in [0.1, 0.15) is 0 Å². The van der Waals surface area contributed by atoms with E-state index < -0.39 is 5.97 Å². The standard InChI is InChI=1S/C3H3O3Si/c1-2(6-7)3(4)5/h1H2,(H,4,5). The molecule has 3 radical (unpaired) electrons. The first-order valence-electron chi connectivity index (χ1n) is 1.44. The highest BCUT2D eigenvalue weighted by molar-refractivity contribution is 6.02. The van der Waals surface area contributed by atoms with Crippen LogP contribution in [0.3, 0.4) is 0 Å². The molecule has 0 aromatic heterocycles. The van der Waals surface area contributed by atoms with Gasteiger partial charge in [-0.25, -0.2) is 4.79 Å². The maximum Gasteiger partial charge on any atom is 0.369 e. The number of hydrogen-bond acceptors (Lipinski definition) is 2. The zero-order valence-electron chi connectivity index (χ0n) is 3.47. The summed E-state index contributed by atoms with van der Waals surface area (Å²) in [5, 5.41) is 7.93. The molecule has 0 unspecified atom stereocenters. The number of aliphatic carboxylic acids is 1. The highest BCUT2D eigenvalue weighted by Crippen LogP contribution is 1.85. The zero-order chi connectivity index (χ0) is 5.86. The van der Waals surface area contributed by atoms with Crippen molar-refractivity contribution in [2.24, 2.45) is 0 Å². The molecule has 1 N–H and O–H groups in total. The summed E-state index contributed by atoms with van der Waals surface area (Å²) in [4.78, 5) is 9.67. The van der Waals surface area contributed by atoms with E-state index >= 15 is 0 Å². The molecule has 0 aliphatic rings. The Bertz CT molecular complexity index is 98.4. The van der Waals surface area contributed by atoms with Crippen molar-refractivity contribution in [1.82, 2.24) is 0 Å². The van der Waals surface area contributed by atoms with Crippen LogP contribution in [0.5, 0.6) is 0 Å². The van der Waals surface area contributed by atoms with Crippen LogP contribution in [0.25, 0.3) is 0 Å². The van der Waals surface area contributed by atoms with Gasteiger partial charge in [0.15, 0.2) is 5.76 Å². The Balaban J connectivity index is 3.58. The first-order chi connectivity index (χ1) is 3.18. The summed E-state index contributed by atoms with van der Waals surface area (Å²) in [7, 11) is 2.48. The lowest BCUT2D eigenvalue weighted by Crippen LogP contribution is -2.00. The molecule has 0 aromatic carbocycles. The predicted octanol–water partition coefficient (Wildman–Crippen LogP) is -0.315. The third-order valence-corrected chi connectivity index (χ3v) is 0.608. The largest absolute Gasteiger partial charge is 0.536 e. The lowest BCUT2D eigenvalue weighted by Gasteiger charge is -1.92. The van der Waals surface area contributed by atoms with Crippen LogP contribution in [0, 0.1) is 0 Å². The molecule has 3 nitrogen and oxygen atoms in total. The number of carboxylic acids is 1. The minimum atomic E-state index is -1.17. The lowest BCUT2D eigenvalue weighted by atomic mass is 10.6. The Hall–Kier alpha value is -0.773. The third-order valence-electron chi connectivity index (χ3n) is 0.362. The Labute approximate surface area is 44.1 Å². The van der Waals surface area contributed by atoms with Crippen molar-refractivity contribution >= 4 is 16.5 Å². The summed E-state index contributed by atoms with van der Waals surface area (Å²) in [6, 6.07) is 0. The molecular formula is C3H3O3Si. The smallest absolute Gasteiger partial charge is 0.369 e. The first-order valence-corrected chi connectivity index (χ1v) is 1.85. The van der Waals surface area contributed by atoms with Gasteiger partial charge in [-0.15, -0.1) is 0 Å². The Morgan fingerprint density at radius 2 is 2.29 bits per heavy atom. The average Bonchev–Trinajstić information content (AvgIpc) is 1.65. The summed E-state index contributed by atoms with van der Waals surface area (Å²) in [5.74, 6) is -1.49. The van der Waals surface area contributed by atoms with Crippen molar-refractivity contribution in [2.45, 2.75) is 0 Å². The summed E-state index contributed by atoms with van der Waals surface area (Å²) >= 11 is 0. The van der Waals surface area contributed by atoms with Crippen molar-refractivity contribution in [3.63, 3.8) is 0 Å². The average molecular weight is 115 g/mol. The summed E-state index contributed by atoms with van der Waals surface area (Å²) in [6.45, 7) is 3.00. The van der Waals surface area contributed by atoms with E-state index in [4.69, 9.17) is 5.11 Å². The summed E-state index contributed by atoms with van der Waals surface area (Å²) in [6.07, 6.45) is 0. The Morgan fingerprint density at radius 1 is 1.86 bits per heavy atom. The van der Waals surface area contributed by atoms with E-state index in [9.17, 15) is 4.79 Å². The van der Waals surface area contributed by atoms with Gasteiger partial charge in [-0.2, -0.15) is 0 Å². The lowest BCUT2D eigenvalue weighted by molar-refractivity contribution is -0.134. The molecule has 0 saturated heterocycles. The normalized spacial score (nSPS) is 7.57. The van der Waals surface area contributed by atoms with Gasteiger partial charge in [-0.1, -0.05) is 6.58 Å². The van der Waals surface area contributed by atoms with E-state index in [-0.39, 0.29) is 5.76 Å². The third kappa shape index (κ3) is 1.99. The SMILES string of the molecule is C=C(O[Si])C(=O)O.